The second-order valence-electron chi connectivity index (χ2n) is 6.84. The molecule has 0 aliphatic carbocycles. The van der Waals surface area contributed by atoms with Gasteiger partial charge in [0.05, 0.1) is 12.5 Å². The molecule has 0 unspecified atom stereocenters. The summed E-state index contributed by atoms with van der Waals surface area (Å²) in [5.74, 6) is 0.824. The summed E-state index contributed by atoms with van der Waals surface area (Å²) < 4.78 is 5.40. The second-order valence-corrected chi connectivity index (χ2v) is 6.84. The predicted molar refractivity (Wildman–Crippen MR) is 93.9 cm³/mol. The first kappa shape index (κ1) is 17.8. The Balaban J connectivity index is 1.79. The Morgan fingerprint density at radius 3 is 2.61 bits per heavy atom. The number of hydrogen-bond acceptors (Lipinski definition) is 3. The van der Waals surface area contributed by atoms with Gasteiger partial charge in [0.15, 0.2) is 0 Å². The molecule has 1 amide bonds. The molecular weight excluding hydrogens is 288 g/mol. The van der Waals surface area contributed by atoms with E-state index in [1.165, 1.54) is 25.9 Å². The number of unbranched alkanes of at least 4 members (excludes halogenated alkanes) is 1. The highest BCUT2D eigenvalue weighted by atomic mass is 16.5. The Morgan fingerprint density at radius 1 is 1.22 bits per heavy atom. The van der Waals surface area contributed by atoms with E-state index in [0.717, 1.165) is 37.2 Å². The molecule has 1 N–H and O–H groups in total. The van der Waals surface area contributed by atoms with Crippen LogP contribution >= 0.6 is 0 Å². The minimum absolute atomic E-state index is 0.0585. The summed E-state index contributed by atoms with van der Waals surface area (Å²) in [5, 5.41) is 3.09. The summed E-state index contributed by atoms with van der Waals surface area (Å²) in [6, 6.07) is 7.74. The minimum Gasteiger partial charge on any atom is -0.496 e. The smallest absolute Gasteiger partial charge is 0.230 e. The van der Waals surface area contributed by atoms with Gasteiger partial charge < -0.3 is 15.0 Å². The molecule has 128 valence electrons. The van der Waals surface area contributed by atoms with Crippen LogP contribution in [0.1, 0.15) is 45.1 Å². The Morgan fingerprint density at radius 2 is 1.91 bits per heavy atom. The van der Waals surface area contributed by atoms with Crippen molar-refractivity contribution < 1.29 is 9.53 Å². The molecule has 1 aromatic carbocycles. The first-order chi connectivity index (χ1) is 11.1. The zero-order chi connectivity index (χ0) is 16.7. The molecule has 1 fully saturated rings. The molecule has 23 heavy (non-hydrogen) atoms. The second kappa shape index (κ2) is 8.34. The molecule has 1 saturated heterocycles. The van der Waals surface area contributed by atoms with E-state index in [0.29, 0.717) is 0 Å². The van der Waals surface area contributed by atoms with Crippen LogP contribution in [-0.4, -0.2) is 44.1 Å². The fraction of sp³-hybridized carbons (Fsp3) is 0.632. The van der Waals surface area contributed by atoms with Gasteiger partial charge in [-0.25, -0.2) is 0 Å². The number of amides is 1. The van der Waals surface area contributed by atoms with Crippen LogP contribution in [0.3, 0.4) is 0 Å². The molecule has 0 bridgehead atoms. The molecule has 0 radical (unpaired) electrons. The van der Waals surface area contributed by atoms with Crippen LogP contribution < -0.4 is 10.1 Å². The Labute approximate surface area is 140 Å². The summed E-state index contributed by atoms with van der Waals surface area (Å²) in [4.78, 5) is 15.1. The number of nitrogens with one attached hydrogen (secondary N) is 1. The number of rotatable bonds is 8. The van der Waals surface area contributed by atoms with Gasteiger partial charge in [-0.15, -0.1) is 0 Å². The molecule has 0 aromatic heterocycles. The van der Waals surface area contributed by atoms with Gasteiger partial charge in [0.1, 0.15) is 5.75 Å². The van der Waals surface area contributed by atoms with Gasteiger partial charge >= 0.3 is 0 Å². The van der Waals surface area contributed by atoms with E-state index in [9.17, 15) is 4.79 Å². The molecule has 1 aliphatic rings. The van der Waals surface area contributed by atoms with Crippen LogP contribution in [0.25, 0.3) is 0 Å². The van der Waals surface area contributed by atoms with E-state index in [1.807, 2.05) is 38.1 Å². The SMILES string of the molecule is COc1ccccc1C(C)(C)C(=O)NCCCCN1CCCC1. The normalized spacial score (nSPS) is 15.6. The van der Waals surface area contributed by atoms with Gasteiger partial charge in [-0.2, -0.15) is 0 Å². The van der Waals surface area contributed by atoms with E-state index in [1.54, 1.807) is 7.11 Å². The Hall–Kier alpha value is -1.55. The largest absolute Gasteiger partial charge is 0.496 e. The molecule has 0 saturated carbocycles. The molecule has 4 heteroatoms. The van der Waals surface area contributed by atoms with Crippen LogP contribution in [-0.2, 0) is 10.2 Å². The highest BCUT2D eigenvalue weighted by Gasteiger charge is 2.32. The van der Waals surface area contributed by atoms with Crippen LogP contribution in [0, 0.1) is 0 Å². The fourth-order valence-electron chi connectivity index (χ4n) is 3.17. The maximum Gasteiger partial charge on any atom is 0.230 e. The quantitative estimate of drug-likeness (QED) is 0.749. The molecule has 2 rings (SSSR count). The van der Waals surface area contributed by atoms with Crippen molar-refractivity contribution in [3.63, 3.8) is 0 Å². The Bertz CT molecular complexity index is 508. The van der Waals surface area contributed by atoms with Gasteiger partial charge in [0, 0.05) is 12.1 Å². The maximum atomic E-state index is 12.6. The Kier molecular flexibility index (Phi) is 6.46. The molecule has 4 nitrogen and oxygen atoms in total. The monoisotopic (exact) mass is 318 g/mol. The molecule has 1 aliphatic heterocycles. The third kappa shape index (κ3) is 4.71. The van der Waals surface area contributed by atoms with Gasteiger partial charge in [-0.3, -0.25) is 4.79 Å². The number of nitrogens with zero attached hydrogens (tertiary/aromatic N) is 1. The number of carbonyl (C=O) groups is 1. The van der Waals surface area contributed by atoms with Crippen molar-refractivity contribution in [3.05, 3.63) is 29.8 Å². The minimum atomic E-state index is -0.596. The first-order valence-corrected chi connectivity index (χ1v) is 8.70. The van der Waals surface area contributed by atoms with E-state index in [4.69, 9.17) is 4.74 Å². The number of carbonyl (C=O) groups excluding carboxylic acids is 1. The standard InChI is InChI=1S/C19H30N2O2/c1-19(2,16-10-4-5-11-17(16)23-3)18(22)20-12-6-7-13-21-14-8-9-15-21/h4-5,10-11H,6-9,12-15H2,1-3H3,(H,20,22). The third-order valence-electron chi connectivity index (χ3n) is 4.73. The van der Waals surface area contributed by atoms with Crippen LogP contribution in [0.15, 0.2) is 24.3 Å². The number of hydrogen-bond donors (Lipinski definition) is 1. The summed E-state index contributed by atoms with van der Waals surface area (Å²) in [6.45, 7) is 8.28. The van der Waals surface area contributed by atoms with E-state index in [2.05, 4.69) is 10.2 Å². The lowest BCUT2D eigenvalue weighted by atomic mass is 9.83. The number of likely N-dealkylation sites (tertiary alicyclic amines) is 1. The lowest BCUT2D eigenvalue weighted by Gasteiger charge is -2.26. The zero-order valence-corrected chi connectivity index (χ0v) is 14.7. The first-order valence-electron chi connectivity index (χ1n) is 8.70. The van der Waals surface area contributed by atoms with Crippen molar-refractivity contribution >= 4 is 5.91 Å². The lowest BCUT2D eigenvalue weighted by Crippen LogP contribution is -2.40. The third-order valence-corrected chi connectivity index (χ3v) is 4.73. The number of methoxy groups -OCH3 is 1. The maximum absolute atomic E-state index is 12.6. The van der Waals surface area contributed by atoms with Crippen molar-refractivity contribution in [2.45, 2.75) is 44.9 Å². The van der Waals surface area contributed by atoms with Crippen molar-refractivity contribution in [3.8, 4) is 5.75 Å². The molecular formula is C19H30N2O2. The average Bonchev–Trinajstić information content (AvgIpc) is 3.07. The summed E-state index contributed by atoms with van der Waals surface area (Å²) >= 11 is 0. The van der Waals surface area contributed by atoms with E-state index in [-0.39, 0.29) is 5.91 Å². The highest BCUT2D eigenvalue weighted by Crippen LogP contribution is 2.31. The van der Waals surface area contributed by atoms with Crippen molar-refractivity contribution in [1.82, 2.24) is 10.2 Å². The van der Waals surface area contributed by atoms with Gasteiger partial charge in [0.2, 0.25) is 5.91 Å². The topological polar surface area (TPSA) is 41.6 Å². The molecule has 1 aromatic rings. The number of benzene rings is 1. The summed E-state index contributed by atoms with van der Waals surface area (Å²) in [5.41, 5.74) is 0.332. The van der Waals surface area contributed by atoms with Crippen LogP contribution in [0.2, 0.25) is 0 Å². The van der Waals surface area contributed by atoms with Gasteiger partial charge in [-0.05, 0) is 65.2 Å². The van der Waals surface area contributed by atoms with Crippen molar-refractivity contribution in [1.29, 1.82) is 0 Å². The highest BCUT2D eigenvalue weighted by molar-refractivity contribution is 5.88. The van der Waals surface area contributed by atoms with Crippen molar-refractivity contribution in [2.24, 2.45) is 0 Å². The number of ether oxygens (including phenoxy) is 1. The number of para-hydroxylation sites is 1. The van der Waals surface area contributed by atoms with Gasteiger partial charge in [-0.1, -0.05) is 18.2 Å². The molecule has 0 atom stereocenters. The van der Waals surface area contributed by atoms with Crippen molar-refractivity contribution in [2.75, 3.05) is 33.3 Å². The van der Waals surface area contributed by atoms with Crippen LogP contribution in [0.4, 0.5) is 0 Å². The fourth-order valence-corrected chi connectivity index (χ4v) is 3.17. The average molecular weight is 318 g/mol. The zero-order valence-electron chi connectivity index (χ0n) is 14.7. The molecule has 1 heterocycles. The van der Waals surface area contributed by atoms with Crippen LogP contribution in [0.5, 0.6) is 5.75 Å². The molecule has 0 spiro atoms. The van der Waals surface area contributed by atoms with E-state index < -0.39 is 5.41 Å². The summed E-state index contributed by atoms with van der Waals surface area (Å²) in [6.07, 6.45) is 4.85. The predicted octanol–water partition coefficient (Wildman–Crippen LogP) is 2.97. The van der Waals surface area contributed by atoms with Gasteiger partial charge in [0.25, 0.3) is 0 Å². The lowest BCUT2D eigenvalue weighted by molar-refractivity contribution is -0.125. The summed E-state index contributed by atoms with van der Waals surface area (Å²) in [7, 11) is 1.64. The van der Waals surface area contributed by atoms with E-state index >= 15 is 0 Å².